The van der Waals surface area contributed by atoms with Gasteiger partial charge in [-0.3, -0.25) is 0 Å². The smallest absolute Gasteiger partial charge is 0.0515 e. The minimum atomic E-state index is 0.167. The molecule has 0 bridgehead atoms. The van der Waals surface area contributed by atoms with Gasteiger partial charge >= 0.3 is 26.8 Å². The summed E-state index contributed by atoms with van der Waals surface area (Å²) in [5.74, 6) is 5.00. The standard InChI is InChI=1S/C4H7O.2CH3.Al/c5-3-4-1-2-4;;;/h4H,1-3H2;2*1H3;/q-1;;;+1. The van der Waals surface area contributed by atoms with Crippen molar-refractivity contribution >= 4 is 15.2 Å². The molecule has 0 spiro atoms. The molecule has 1 aliphatic rings. The van der Waals surface area contributed by atoms with E-state index in [1.807, 2.05) is 0 Å². The molecule has 0 aromatic carbocycles. The van der Waals surface area contributed by atoms with Crippen LogP contribution < -0.4 is 5.11 Å². The van der Waals surface area contributed by atoms with Crippen molar-refractivity contribution < 1.29 is 5.11 Å². The molecule has 1 nitrogen and oxygen atoms in total. The van der Waals surface area contributed by atoms with Gasteiger partial charge in [-0.2, -0.15) is 0 Å². The van der Waals surface area contributed by atoms with Crippen LogP contribution in [-0.2, 0) is 0 Å². The molecule has 0 amide bonds. The van der Waals surface area contributed by atoms with E-state index < -0.39 is 0 Å². The predicted molar refractivity (Wildman–Crippen MR) is 35.1 cm³/mol. The first kappa shape index (κ1) is 8.49. The zero-order valence-corrected chi connectivity index (χ0v) is 6.84. The Balaban J connectivity index is 0.000000145. The maximum Gasteiger partial charge on any atom is -0.0515 e. The van der Waals surface area contributed by atoms with Gasteiger partial charge in [0.05, 0.1) is 0 Å². The molecule has 1 fully saturated rings. The molecule has 0 aromatic rings. The van der Waals surface area contributed by atoms with Gasteiger partial charge in [-0.1, -0.05) is 18.8 Å². The second-order valence-corrected chi connectivity index (χ2v) is 3.34. The molecule has 0 radical (unpaired) electrons. The number of rotatable bonds is 1. The second kappa shape index (κ2) is 5.63. The van der Waals surface area contributed by atoms with Gasteiger partial charge in [0.15, 0.2) is 0 Å². The van der Waals surface area contributed by atoms with Crippen LogP contribution in [0.2, 0.25) is 11.6 Å². The molecule has 0 N–H and O–H groups in total. The summed E-state index contributed by atoms with van der Waals surface area (Å²) in [7, 11) is 0. The van der Waals surface area contributed by atoms with Crippen LogP contribution >= 0.6 is 0 Å². The summed E-state index contributed by atoms with van der Waals surface area (Å²) >= 11 is 0.750. The average Bonchev–Trinajstić information content (AvgIpc) is 2.48. The van der Waals surface area contributed by atoms with E-state index in [-0.39, 0.29) is 6.61 Å². The van der Waals surface area contributed by atoms with Crippen molar-refractivity contribution in [2.75, 3.05) is 6.61 Å². The molecule has 0 unspecified atom stereocenters. The fourth-order valence-corrected chi connectivity index (χ4v) is 0.285. The Labute approximate surface area is 57.8 Å². The first-order valence-electron chi connectivity index (χ1n) is 3.17. The summed E-state index contributed by atoms with van der Waals surface area (Å²) in [5, 5.41) is 9.69. The summed E-state index contributed by atoms with van der Waals surface area (Å²) in [4.78, 5) is 0. The Kier molecular flexibility index (Phi) is 5.97. The Hall–Kier alpha value is 0.492. The van der Waals surface area contributed by atoms with Crippen LogP contribution in [0.5, 0.6) is 0 Å². The summed E-state index contributed by atoms with van der Waals surface area (Å²) in [6.45, 7) is 0.167. The van der Waals surface area contributed by atoms with Crippen molar-refractivity contribution in [3.8, 4) is 0 Å². The minimum Gasteiger partial charge on any atom is -0.854 e. The van der Waals surface area contributed by atoms with Crippen LogP contribution in [0, 0.1) is 5.92 Å². The third kappa shape index (κ3) is 6.49. The van der Waals surface area contributed by atoms with E-state index in [1.165, 1.54) is 12.8 Å². The molecule has 8 heavy (non-hydrogen) atoms. The molecule has 0 aromatic heterocycles. The third-order valence-electron chi connectivity index (χ3n) is 0.933. The normalized spacial score (nSPS) is 15.9. The van der Waals surface area contributed by atoms with Crippen molar-refractivity contribution in [1.82, 2.24) is 0 Å². The van der Waals surface area contributed by atoms with Gasteiger partial charge in [-0.05, 0) is 0 Å². The first-order chi connectivity index (χ1) is 3.85. The van der Waals surface area contributed by atoms with Gasteiger partial charge < -0.3 is 5.11 Å². The van der Waals surface area contributed by atoms with Crippen molar-refractivity contribution in [3.63, 3.8) is 0 Å². The molecular weight excluding hydrogens is 115 g/mol. The Morgan fingerprint density at radius 1 is 1.50 bits per heavy atom. The molecule has 1 rings (SSSR count). The molecule has 0 saturated heterocycles. The van der Waals surface area contributed by atoms with Crippen molar-refractivity contribution in [2.45, 2.75) is 24.4 Å². The van der Waals surface area contributed by atoms with Gasteiger partial charge in [0.2, 0.25) is 0 Å². The number of hydrogen-bond donors (Lipinski definition) is 0. The molecule has 0 atom stereocenters. The van der Waals surface area contributed by atoms with E-state index in [4.69, 9.17) is 0 Å². The Morgan fingerprint density at radius 3 is 1.88 bits per heavy atom. The van der Waals surface area contributed by atoms with E-state index in [9.17, 15) is 5.11 Å². The molecule has 0 heterocycles. The van der Waals surface area contributed by atoms with E-state index in [2.05, 4.69) is 11.6 Å². The summed E-state index contributed by atoms with van der Waals surface area (Å²) in [6, 6.07) is 0. The molecule has 0 aliphatic heterocycles. The first-order valence-corrected chi connectivity index (χ1v) is 5.48. The summed E-state index contributed by atoms with van der Waals surface area (Å²) in [5.41, 5.74) is 0. The van der Waals surface area contributed by atoms with E-state index in [0.717, 1.165) is 15.2 Å². The van der Waals surface area contributed by atoms with Crippen molar-refractivity contribution in [1.29, 1.82) is 0 Å². The SMILES string of the molecule is [CH3][Al+][CH3].[O-]CC1CC1. The third-order valence-corrected chi connectivity index (χ3v) is 0.933. The zero-order valence-electron chi connectivity index (χ0n) is 5.68. The quantitative estimate of drug-likeness (QED) is 0.473. The number of hydrogen-bond acceptors (Lipinski definition) is 1. The van der Waals surface area contributed by atoms with Crippen molar-refractivity contribution in [2.24, 2.45) is 5.92 Å². The predicted octanol–water partition coefficient (Wildman–Crippen LogP) is 0.543. The maximum absolute atomic E-state index is 9.69. The van der Waals surface area contributed by atoms with Crippen LogP contribution in [-0.4, -0.2) is 21.8 Å². The zero-order chi connectivity index (χ0) is 6.41. The van der Waals surface area contributed by atoms with Gasteiger partial charge in [0.25, 0.3) is 0 Å². The molecule has 46 valence electrons. The molecule has 1 saturated carbocycles. The monoisotopic (exact) mass is 128 g/mol. The van der Waals surface area contributed by atoms with Crippen LogP contribution in [0.15, 0.2) is 0 Å². The van der Waals surface area contributed by atoms with Gasteiger partial charge in [-0.25, -0.2) is 0 Å². The maximum atomic E-state index is 9.69. The average molecular weight is 128 g/mol. The van der Waals surface area contributed by atoms with Gasteiger partial charge in [0.1, 0.15) is 0 Å². The molecular formula is C6H13AlO. The van der Waals surface area contributed by atoms with Crippen LogP contribution in [0.25, 0.3) is 0 Å². The Bertz CT molecular complexity index is 43.8. The second-order valence-electron chi connectivity index (χ2n) is 2.19. The topological polar surface area (TPSA) is 23.1 Å². The fourth-order valence-electron chi connectivity index (χ4n) is 0.285. The minimum absolute atomic E-state index is 0.167. The van der Waals surface area contributed by atoms with E-state index >= 15 is 0 Å². The van der Waals surface area contributed by atoms with Crippen LogP contribution in [0.4, 0.5) is 0 Å². The van der Waals surface area contributed by atoms with E-state index in [1.54, 1.807) is 0 Å². The van der Waals surface area contributed by atoms with Crippen LogP contribution in [0.1, 0.15) is 12.8 Å². The fraction of sp³-hybridized carbons (Fsp3) is 1.00. The largest absolute Gasteiger partial charge is 0.854 e. The molecule has 2 heteroatoms. The summed E-state index contributed by atoms with van der Waals surface area (Å²) in [6.07, 6.45) is 2.40. The van der Waals surface area contributed by atoms with Gasteiger partial charge in [-0.15, -0.1) is 6.61 Å². The summed E-state index contributed by atoms with van der Waals surface area (Å²) < 4.78 is 0. The molecule has 1 aliphatic carbocycles. The van der Waals surface area contributed by atoms with E-state index in [0.29, 0.717) is 5.92 Å². The van der Waals surface area contributed by atoms with Crippen LogP contribution in [0.3, 0.4) is 0 Å². The van der Waals surface area contributed by atoms with Gasteiger partial charge in [0, 0.05) is 0 Å². The Morgan fingerprint density at radius 2 is 1.88 bits per heavy atom. The van der Waals surface area contributed by atoms with Crippen molar-refractivity contribution in [3.05, 3.63) is 0 Å².